The fourth-order valence-corrected chi connectivity index (χ4v) is 3.47. The van der Waals surface area contributed by atoms with Crippen molar-refractivity contribution in [2.75, 3.05) is 0 Å². The molecule has 0 aliphatic heterocycles. The number of nitrogens with one attached hydrogen (secondary N) is 1. The van der Waals surface area contributed by atoms with Gasteiger partial charge in [0.15, 0.2) is 0 Å². The Morgan fingerprint density at radius 3 is 2.20 bits per heavy atom. The quantitative estimate of drug-likeness (QED) is 0.813. The van der Waals surface area contributed by atoms with E-state index >= 15 is 0 Å². The normalized spacial score (nSPS) is 11.7. The van der Waals surface area contributed by atoms with Crippen LogP contribution in [-0.2, 0) is 9.05 Å². The maximum absolute atomic E-state index is 12.1. The van der Waals surface area contributed by atoms with Gasteiger partial charge < -0.3 is 5.32 Å². The van der Waals surface area contributed by atoms with E-state index in [9.17, 15) is 13.2 Å². The zero-order valence-electron chi connectivity index (χ0n) is 10.9. The van der Waals surface area contributed by atoms with E-state index in [2.05, 4.69) is 5.32 Å². The van der Waals surface area contributed by atoms with Gasteiger partial charge in [0.1, 0.15) is 4.90 Å². The molecule has 0 spiro atoms. The largest absolute Gasteiger partial charge is 0.349 e. The molecule has 0 radical (unpaired) electrons. The summed E-state index contributed by atoms with van der Waals surface area (Å²) in [5, 5.41) is 2.72. The molecule has 1 aromatic carbocycles. The first kappa shape index (κ1) is 17.6. The van der Waals surface area contributed by atoms with Crippen LogP contribution in [-0.4, -0.2) is 20.4 Å². The van der Waals surface area contributed by atoms with Gasteiger partial charge in [0.05, 0.1) is 15.6 Å². The van der Waals surface area contributed by atoms with Crippen molar-refractivity contribution in [3.8, 4) is 0 Å². The monoisotopic (exact) mass is 357 g/mol. The maximum Gasteiger partial charge on any atom is 0.262 e. The van der Waals surface area contributed by atoms with Crippen molar-refractivity contribution in [1.82, 2.24) is 5.32 Å². The minimum absolute atomic E-state index is 0.00898. The van der Waals surface area contributed by atoms with Crippen molar-refractivity contribution in [3.05, 3.63) is 27.7 Å². The van der Waals surface area contributed by atoms with Crippen LogP contribution in [0.15, 0.2) is 17.0 Å². The molecular weight excluding hydrogens is 345 g/mol. The summed E-state index contributed by atoms with van der Waals surface area (Å²) >= 11 is 11.7. The molecule has 0 fully saturated rings. The van der Waals surface area contributed by atoms with Crippen LogP contribution in [0.4, 0.5) is 0 Å². The van der Waals surface area contributed by atoms with Crippen molar-refractivity contribution in [1.29, 1.82) is 0 Å². The fourth-order valence-electron chi connectivity index (χ4n) is 1.65. The van der Waals surface area contributed by atoms with Crippen molar-refractivity contribution < 1.29 is 13.2 Å². The molecule has 1 N–H and O–H groups in total. The molecule has 0 saturated heterocycles. The van der Waals surface area contributed by atoms with Gasteiger partial charge in [-0.2, -0.15) is 0 Å². The summed E-state index contributed by atoms with van der Waals surface area (Å²) in [6.07, 6.45) is 1.52. The summed E-state index contributed by atoms with van der Waals surface area (Å²) in [5.41, 5.74) is 0.0298. The van der Waals surface area contributed by atoms with E-state index in [0.29, 0.717) is 0 Å². The van der Waals surface area contributed by atoms with Gasteiger partial charge in [0.25, 0.3) is 15.0 Å². The Hall–Kier alpha value is -0.490. The van der Waals surface area contributed by atoms with Crippen LogP contribution in [0.1, 0.15) is 37.0 Å². The second-order valence-corrected chi connectivity index (χ2v) is 7.54. The van der Waals surface area contributed by atoms with E-state index < -0.39 is 15.0 Å². The number of hydrogen-bond acceptors (Lipinski definition) is 3. The van der Waals surface area contributed by atoms with Crippen LogP contribution in [0.2, 0.25) is 10.0 Å². The predicted octanol–water partition coefficient (Wildman–Crippen LogP) is 3.84. The molecule has 0 aliphatic carbocycles. The number of rotatable bonds is 5. The first-order valence-electron chi connectivity index (χ1n) is 5.95. The lowest BCUT2D eigenvalue weighted by atomic mass is 10.1. The van der Waals surface area contributed by atoms with E-state index in [1.54, 1.807) is 0 Å². The Morgan fingerprint density at radius 2 is 1.75 bits per heavy atom. The smallest absolute Gasteiger partial charge is 0.262 e. The maximum atomic E-state index is 12.1. The summed E-state index contributed by atoms with van der Waals surface area (Å²) < 4.78 is 22.8. The van der Waals surface area contributed by atoms with E-state index in [0.717, 1.165) is 18.9 Å². The minimum atomic E-state index is -4.04. The zero-order valence-corrected chi connectivity index (χ0v) is 14.0. The Bertz CT molecular complexity index is 613. The van der Waals surface area contributed by atoms with Crippen LogP contribution in [0.25, 0.3) is 0 Å². The van der Waals surface area contributed by atoms with Crippen LogP contribution in [0.5, 0.6) is 0 Å². The number of carbonyl (C=O) groups is 1. The molecule has 20 heavy (non-hydrogen) atoms. The second-order valence-electron chi connectivity index (χ2n) is 4.19. The topological polar surface area (TPSA) is 63.2 Å². The van der Waals surface area contributed by atoms with E-state index in [1.165, 1.54) is 6.07 Å². The number of halogens is 3. The van der Waals surface area contributed by atoms with Gasteiger partial charge in [-0.05, 0) is 25.0 Å². The van der Waals surface area contributed by atoms with Crippen LogP contribution < -0.4 is 5.32 Å². The Kier molecular flexibility index (Phi) is 6.13. The van der Waals surface area contributed by atoms with Gasteiger partial charge in [-0.1, -0.05) is 37.0 Å². The van der Waals surface area contributed by atoms with Crippen molar-refractivity contribution in [2.24, 2.45) is 0 Å². The predicted molar refractivity (Wildman–Crippen MR) is 81.3 cm³/mol. The molecule has 4 nitrogen and oxygen atoms in total. The molecule has 0 atom stereocenters. The lowest BCUT2D eigenvalue weighted by Crippen LogP contribution is -2.34. The van der Waals surface area contributed by atoms with E-state index in [1.807, 2.05) is 13.8 Å². The number of hydrogen-bond donors (Lipinski definition) is 1. The van der Waals surface area contributed by atoms with Crippen molar-refractivity contribution in [3.63, 3.8) is 0 Å². The number of benzene rings is 1. The van der Waals surface area contributed by atoms with Gasteiger partial charge in [0, 0.05) is 16.7 Å². The van der Waals surface area contributed by atoms with E-state index in [-0.39, 0.29) is 26.5 Å². The average Bonchev–Trinajstić information content (AvgIpc) is 2.33. The highest BCUT2D eigenvalue weighted by Crippen LogP contribution is 2.30. The molecule has 112 valence electrons. The van der Waals surface area contributed by atoms with Crippen molar-refractivity contribution in [2.45, 2.75) is 37.6 Å². The number of amides is 1. The molecular formula is C12H14Cl3NO3S. The highest BCUT2D eigenvalue weighted by molar-refractivity contribution is 8.13. The third-order valence-corrected chi connectivity index (χ3v) is 4.95. The average molecular weight is 359 g/mol. The van der Waals surface area contributed by atoms with Gasteiger partial charge in [0.2, 0.25) is 0 Å². The van der Waals surface area contributed by atoms with Gasteiger partial charge in [-0.25, -0.2) is 8.42 Å². The Balaban J connectivity index is 3.22. The highest BCUT2D eigenvalue weighted by atomic mass is 35.7. The summed E-state index contributed by atoms with van der Waals surface area (Å²) in [6.45, 7) is 3.87. The summed E-state index contributed by atoms with van der Waals surface area (Å²) in [5.74, 6) is -0.457. The molecule has 0 aliphatic rings. The van der Waals surface area contributed by atoms with Crippen molar-refractivity contribution >= 4 is 48.8 Å². The third-order valence-electron chi connectivity index (χ3n) is 2.85. The van der Waals surface area contributed by atoms with Crippen LogP contribution in [0, 0.1) is 0 Å². The molecule has 0 saturated carbocycles. The Morgan fingerprint density at radius 1 is 1.20 bits per heavy atom. The highest BCUT2D eigenvalue weighted by Gasteiger charge is 2.21. The summed E-state index contributed by atoms with van der Waals surface area (Å²) in [7, 11) is 1.22. The summed E-state index contributed by atoms with van der Waals surface area (Å²) in [6, 6.07) is 2.27. The minimum Gasteiger partial charge on any atom is -0.349 e. The molecule has 1 amide bonds. The molecule has 0 heterocycles. The molecule has 1 rings (SSSR count). The van der Waals surface area contributed by atoms with Gasteiger partial charge >= 0.3 is 0 Å². The Labute approximate surface area is 132 Å². The molecule has 0 aromatic heterocycles. The zero-order chi connectivity index (χ0) is 15.5. The van der Waals surface area contributed by atoms with Gasteiger partial charge in [-0.15, -0.1) is 0 Å². The molecule has 8 heteroatoms. The fraction of sp³-hybridized carbons (Fsp3) is 0.417. The molecule has 0 bridgehead atoms. The SMILES string of the molecule is CCC(CC)NC(=O)c1cc(S(=O)(=O)Cl)c(Cl)cc1Cl. The second kappa shape index (κ2) is 6.98. The van der Waals surface area contributed by atoms with Crippen LogP contribution in [0.3, 0.4) is 0 Å². The lowest BCUT2D eigenvalue weighted by Gasteiger charge is -2.16. The van der Waals surface area contributed by atoms with Gasteiger partial charge in [-0.3, -0.25) is 4.79 Å². The third kappa shape index (κ3) is 4.25. The first-order chi connectivity index (χ1) is 9.20. The number of carbonyl (C=O) groups excluding carboxylic acids is 1. The van der Waals surface area contributed by atoms with E-state index in [4.69, 9.17) is 33.9 Å². The van der Waals surface area contributed by atoms with Crippen LogP contribution >= 0.6 is 33.9 Å². The lowest BCUT2D eigenvalue weighted by molar-refractivity contribution is 0.0935. The molecule has 0 unspecified atom stereocenters. The molecule has 1 aromatic rings. The standard InChI is InChI=1S/C12H14Cl3NO3S/c1-3-7(4-2)16-12(17)8-5-11(20(15,18)19)10(14)6-9(8)13/h5-7H,3-4H2,1-2H3,(H,16,17). The summed E-state index contributed by atoms with van der Waals surface area (Å²) in [4.78, 5) is 11.8. The first-order valence-corrected chi connectivity index (χ1v) is 9.01.